The summed E-state index contributed by atoms with van der Waals surface area (Å²) in [7, 11) is 0. The zero-order valence-corrected chi connectivity index (χ0v) is 16.0. The van der Waals surface area contributed by atoms with Gasteiger partial charge in [0.15, 0.2) is 7.14 Å². The number of halogens is 2. The third kappa shape index (κ3) is 3.76. The summed E-state index contributed by atoms with van der Waals surface area (Å²) in [5.41, 5.74) is 8.60. The van der Waals surface area contributed by atoms with Gasteiger partial charge in [-0.25, -0.2) is 0 Å². The van der Waals surface area contributed by atoms with E-state index in [1.54, 1.807) is 7.14 Å². The second-order valence-electron chi connectivity index (χ2n) is 5.52. The van der Waals surface area contributed by atoms with Gasteiger partial charge in [0.05, 0.1) is 0 Å². The molecule has 20 heavy (non-hydrogen) atoms. The molecule has 0 heterocycles. The summed E-state index contributed by atoms with van der Waals surface area (Å²) in [6.07, 6.45) is 0. The largest absolute Gasteiger partial charge is 1.00 e. The molecule has 0 saturated carbocycles. The predicted octanol–water partition coefficient (Wildman–Crippen LogP) is -1.33. The molecule has 0 aliphatic heterocycles. The van der Waals surface area contributed by atoms with Crippen LogP contribution in [-0.2, 0) is 0 Å². The standard InChI is InChI=1S/C18H22I.ClH/c1-11-7-13(3)17(14(4)8-11)19-18-15(5)9-12(2)10-16(18)6;/h7-10H,1-6H3;1H/q+1;/p-1. The Morgan fingerprint density at radius 3 is 1.05 bits per heavy atom. The van der Waals surface area contributed by atoms with Gasteiger partial charge in [-0.05, 0) is 41.5 Å². The molecule has 0 amide bonds. The Hall–Kier alpha value is -0.540. The van der Waals surface area contributed by atoms with Crippen LogP contribution in [0.3, 0.4) is 0 Å². The zero-order chi connectivity index (χ0) is 14.2. The van der Waals surface area contributed by atoms with E-state index in [0.29, 0.717) is 0 Å². The molecule has 0 aliphatic rings. The first-order chi connectivity index (χ1) is 8.88. The topological polar surface area (TPSA) is 0 Å². The molecule has 2 heteroatoms. The molecule has 2 rings (SSSR count). The lowest BCUT2D eigenvalue weighted by Crippen LogP contribution is -3.62. The van der Waals surface area contributed by atoms with Gasteiger partial charge in [0.2, 0.25) is 0 Å². The van der Waals surface area contributed by atoms with Crippen LogP contribution < -0.4 is 33.6 Å². The lowest BCUT2D eigenvalue weighted by atomic mass is 10.1. The maximum absolute atomic E-state index is 2.32. The number of hydrogen-bond acceptors (Lipinski definition) is 0. The number of benzene rings is 2. The summed E-state index contributed by atoms with van der Waals surface area (Å²) in [6, 6.07) is 9.28. The maximum Gasteiger partial charge on any atom is 0.359 e. The first-order valence-electron chi connectivity index (χ1n) is 6.69. The van der Waals surface area contributed by atoms with Crippen LogP contribution in [0.1, 0.15) is 33.4 Å². The van der Waals surface area contributed by atoms with E-state index in [4.69, 9.17) is 0 Å². The Labute approximate surface area is 139 Å². The van der Waals surface area contributed by atoms with Gasteiger partial charge in [-0.3, -0.25) is 0 Å². The molecule has 2 aromatic carbocycles. The van der Waals surface area contributed by atoms with E-state index in [-0.39, 0.29) is 33.6 Å². The third-order valence-corrected chi connectivity index (χ3v) is 7.83. The molecule has 2 aromatic rings. The van der Waals surface area contributed by atoms with Crippen molar-refractivity contribution < 1.29 is 33.6 Å². The Morgan fingerprint density at radius 2 is 0.800 bits per heavy atom. The predicted molar refractivity (Wildman–Crippen MR) is 78.7 cm³/mol. The van der Waals surface area contributed by atoms with Crippen molar-refractivity contribution >= 4 is 0 Å². The monoisotopic (exact) mass is 400 g/mol. The van der Waals surface area contributed by atoms with Gasteiger partial charge in [0.1, 0.15) is 0 Å². The quantitative estimate of drug-likeness (QED) is 0.548. The average Bonchev–Trinajstić information content (AvgIpc) is 2.25. The molecule has 0 spiro atoms. The van der Waals surface area contributed by atoms with E-state index in [1.807, 2.05) is 0 Å². The minimum atomic E-state index is -0.0837. The van der Waals surface area contributed by atoms with E-state index in [1.165, 1.54) is 33.4 Å². The molecule has 0 saturated heterocycles. The van der Waals surface area contributed by atoms with Crippen molar-refractivity contribution in [3.05, 3.63) is 64.8 Å². The normalized spacial score (nSPS) is 10.3. The molecule has 0 atom stereocenters. The van der Waals surface area contributed by atoms with Crippen LogP contribution in [0, 0.1) is 48.7 Å². The fourth-order valence-electron chi connectivity index (χ4n) is 2.72. The molecule has 0 N–H and O–H groups in total. The van der Waals surface area contributed by atoms with Gasteiger partial charge in [0.25, 0.3) is 0 Å². The summed E-state index contributed by atoms with van der Waals surface area (Å²) in [5.74, 6) is 0. The number of hydrogen-bond donors (Lipinski definition) is 0. The van der Waals surface area contributed by atoms with E-state index >= 15 is 0 Å². The van der Waals surface area contributed by atoms with E-state index in [9.17, 15) is 0 Å². The minimum Gasteiger partial charge on any atom is -1.00 e. The second kappa shape index (κ2) is 6.95. The van der Waals surface area contributed by atoms with Gasteiger partial charge in [-0.15, -0.1) is 0 Å². The van der Waals surface area contributed by atoms with Crippen molar-refractivity contribution in [3.63, 3.8) is 0 Å². The van der Waals surface area contributed by atoms with Crippen LogP contribution >= 0.6 is 0 Å². The molecular formula is C18H22ClI. The highest BCUT2D eigenvalue weighted by atomic mass is 127. The van der Waals surface area contributed by atoms with Gasteiger partial charge < -0.3 is 12.4 Å². The van der Waals surface area contributed by atoms with Crippen molar-refractivity contribution in [1.29, 1.82) is 0 Å². The first kappa shape index (κ1) is 17.5. The van der Waals surface area contributed by atoms with E-state index in [2.05, 4.69) is 65.8 Å². The molecule has 108 valence electrons. The summed E-state index contributed by atoms with van der Waals surface area (Å²) in [6.45, 7) is 13.4. The molecule has 0 unspecified atom stereocenters. The molecule has 0 fully saturated rings. The highest BCUT2D eigenvalue weighted by Gasteiger charge is 2.25. The van der Waals surface area contributed by atoms with Crippen LogP contribution in [0.15, 0.2) is 24.3 Å². The Bertz CT molecular complexity index is 528. The zero-order valence-electron chi connectivity index (χ0n) is 13.1. The Balaban J connectivity index is 0.00000200. The SMILES string of the molecule is Cc1cc(C)c([I+]c2c(C)cc(C)cc2C)c(C)c1.[Cl-]. The van der Waals surface area contributed by atoms with Crippen LogP contribution in [0.5, 0.6) is 0 Å². The van der Waals surface area contributed by atoms with Crippen molar-refractivity contribution in [1.82, 2.24) is 0 Å². The second-order valence-corrected chi connectivity index (χ2v) is 8.22. The van der Waals surface area contributed by atoms with E-state index in [0.717, 1.165) is 0 Å². The smallest absolute Gasteiger partial charge is 0.359 e. The third-order valence-electron chi connectivity index (χ3n) is 3.35. The van der Waals surface area contributed by atoms with Crippen molar-refractivity contribution in [2.75, 3.05) is 0 Å². The summed E-state index contributed by atoms with van der Waals surface area (Å²) >= 11 is -0.0837. The molecule has 0 radical (unpaired) electrons. The van der Waals surface area contributed by atoms with Crippen LogP contribution in [0.2, 0.25) is 0 Å². The molecule has 0 bridgehead atoms. The van der Waals surface area contributed by atoms with Crippen LogP contribution in [0.4, 0.5) is 0 Å². The average molecular weight is 401 g/mol. The fraction of sp³-hybridized carbons (Fsp3) is 0.333. The minimum absolute atomic E-state index is 0. The van der Waals surface area contributed by atoms with Gasteiger partial charge >= 0.3 is 21.2 Å². The highest BCUT2D eigenvalue weighted by molar-refractivity contribution is 5.29. The molecule has 0 aromatic heterocycles. The summed E-state index contributed by atoms with van der Waals surface area (Å²) in [4.78, 5) is 0. The molecule has 0 nitrogen and oxygen atoms in total. The van der Waals surface area contributed by atoms with E-state index < -0.39 is 0 Å². The van der Waals surface area contributed by atoms with Crippen molar-refractivity contribution in [2.24, 2.45) is 0 Å². The first-order valence-corrected chi connectivity index (χ1v) is 8.84. The number of aryl methyl sites for hydroxylation is 6. The molecular weight excluding hydrogens is 379 g/mol. The van der Waals surface area contributed by atoms with Crippen molar-refractivity contribution in [2.45, 2.75) is 41.5 Å². The Kier molecular flexibility index (Phi) is 6.08. The lowest BCUT2D eigenvalue weighted by molar-refractivity contribution is -0.600. The lowest BCUT2D eigenvalue weighted by Gasteiger charge is -2.04. The van der Waals surface area contributed by atoms with Crippen LogP contribution in [0.25, 0.3) is 0 Å². The summed E-state index contributed by atoms with van der Waals surface area (Å²) < 4.78 is 3.19. The van der Waals surface area contributed by atoms with Crippen molar-refractivity contribution in [3.8, 4) is 0 Å². The van der Waals surface area contributed by atoms with Gasteiger partial charge in [0, 0.05) is 22.3 Å². The highest BCUT2D eigenvalue weighted by Crippen LogP contribution is 2.10. The van der Waals surface area contributed by atoms with Crippen LogP contribution in [-0.4, -0.2) is 0 Å². The Morgan fingerprint density at radius 1 is 0.550 bits per heavy atom. The fourth-order valence-corrected chi connectivity index (χ4v) is 5.58. The van der Waals surface area contributed by atoms with Gasteiger partial charge in [-0.1, -0.05) is 35.4 Å². The summed E-state index contributed by atoms with van der Waals surface area (Å²) in [5, 5.41) is 0. The maximum atomic E-state index is 2.32. The molecule has 0 aliphatic carbocycles. The number of rotatable bonds is 2. The van der Waals surface area contributed by atoms with Gasteiger partial charge in [-0.2, -0.15) is 0 Å².